The molecule has 1 aliphatic rings. The SMILES string of the molecule is CC1CCC(C(N)=O)CN1C(=O)C(C(=O)O)C(C)(C)C. The maximum Gasteiger partial charge on any atom is 0.316 e. The Morgan fingerprint density at radius 2 is 1.80 bits per heavy atom. The lowest BCUT2D eigenvalue weighted by Gasteiger charge is -2.40. The number of hydrogen-bond donors (Lipinski definition) is 2. The van der Waals surface area contributed by atoms with Gasteiger partial charge in [0.15, 0.2) is 0 Å². The van der Waals surface area contributed by atoms with E-state index in [1.165, 1.54) is 4.90 Å². The van der Waals surface area contributed by atoms with Crippen LogP contribution in [0.5, 0.6) is 0 Å². The van der Waals surface area contributed by atoms with Crippen molar-refractivity contribution in [1.29, 1.82) is 0 Å². The number of carbonyl (C=O) groups excluding carboxylic acids is 2. The average molecular weight is 284 g/mol. The second-order valence-corrected chi connectivity index (χ2v) is 6.65. The van der Waals surface area contributed by atoms with E-state index >= 15 is 0 Å². The van der Waals surface area contributed by atoms with Crippen molar-refractivity contribution in [2.75, 3.05) is 6.54 Å². The first kappa shape index (κ1) is 16.5. The molecule has 20 heavy (non-hydrogen) atoms. The number of primary amides is 1. The smallest absolute Gasteiger partial charge is 0.316 e. The number of carboxylic acids is 1. The Bertz CT molecular complexity index is 414. The monoisotopic (exact) mass is 284 g/mol. The summed E-state index contributed by atoms with van der Waals surface area (Å²) in [7, 11) is 0. The van der Waals surface area contributed by atoms with Crippen LogP contribution >= 0.6 is 0 Å². The second kappa shape index (κ2) is 5.81. The maximum absolute atomic E-state index is 12.6. The third kappa shape index (κ3) is 3.49. The van der Waals surface area contributed by atoms with Crippen LogP contribution < -0.4 is 5.73 Å². The van der Waals surface area contributed by atoms with Gasteiger partial charge in [0.2, 0.25) is 11.8 Å². The number of carboxylic acid groups (broad SMARTS) is 1. The van der Waals surface area contributed by atoms with Crippen LogP contribution in [0.4, 0.5) is 0 Å². The molecular formula is C14H24N2O4. The molecule has 0 aromatic rings. The van der Waals surface area contributed by atoms with Crippen molar-refractivity contribution >= 4 is 17.8 Å². The third-order valence-corrected chi connectivity index (χ3v) is 3.93. The molecule has 2 amide bonds. The highest BCUT2D eigenvalue weighted by Crippen LogP contribution is 2.31. The molecule has 1 aliphatic heterocycles. The number of likely N-dealkylation sites (tertiary alicyclic amines) is 1. The molecule has 0 aromatic carbocycles. The van der Waals surface area contributed by atoms with Crippen molar-refractivity contribution in [3.05, 3.63) is 0 Å². The van der Waals surface area contributed by atoms with Gasteiger partial charge < -0.3 is 15.7 Å². The van der Waals surface area contributed by atoms with Gasteiger partial charge in [-0.1, -0.05) is 20.8 Å². The first-order chi connectivity index (χ1) is 9.05. The quantitative estimate of drug-likeness (QED) is 0.750. The Labute approximate surface area is 119 Å². The molecular weight excluding hydrogens is 260 g/mol. The summed E-state index contributed by atoms with van der Waals surface area (Å²) in [5.41, 5.74) is 4.63. The minimum atomic E-state index is -1.13. The van der Waals surface area contributed by atoms with E-state index in [-0.39, 0.29) is 18.5 Å². The van der Waals surface area contributed by atoms with E-state index in [0.29, 0.717) is 12.8 Å². The lowest BCUT2D eigenvalue weighted by Crippen LogP contribution is -2.53. The van der Waals surface area contributed by atoms with Crippen molar-refractivity contribution in [3.8, 4) is 0 Å². The molecule has 6 heteroatoms. The molecule has 0 saturated carbocycles. The predicted octanol–water partition coefficient (Wildman–Crippen LogP) is 0.846. The normalized spacial score (nSPS) is 25.1. The van der Waals surface area contributed by atoms with Crippen molar-refractivity contribution in [2.45, 2.75) is 46.6 Å². The van der Waals surface area contributed by atoms with E-state index in [9.17, 15) is 19.5 Å². The summed E-state index contributed by atoms with van der Waals surface area (Å²) in [5.74, 6) is -3.49. The highest BCUT2D eigenvalue weighted by molar-refractivity contribution is 5.98. The first-order valence-electron chi connectivity index (χ1n) is 6.88. The third-order valence-electron chi connectivity index (χ3n) is 3.93. The van der Waals surface area contributed by atoms with Crippen LogP contribution in [0.1, 0.15) is 40.5 Å². The Hall–Kier alpha value is -1.59. The number of carbonyl (C=O) groups is 3. The summed E-state index contributed by atoms with van der Waals surface area (Å²) in [6.07, 6.45) is 1.31. The van der Waals surface area contributed by atoms with Crippen LogP contribution in [-0.2, 0) is 14.4 Å². The molecule has 1 rings (SSSR count). The Kier molecular flexibility index (Phi) is 4.78. The van der Waals surface area contributed by atoms with Crippen LogP contribution in [0.3, 0.4) is 0 Å². The molecule has 0 radical (unpaired) electrons. The molecule has 3 N–H and O–H groups in total. The van der Waals surface area contributed by atoms with Gasteiger partial charge in [-0.15, -0.1) is 0 Å². The Morgan fingerprint density at radius 3 is 2.20 bits per heavy atom. The molecule has 1 heterocycles. The van der Waals surface area contributed by atoms with Gasteiger partial charge in [0.05, 0.1) is 5.92 Å². The molecule has 0 aromatic heterocycles. The van der Waals surface area contributed by atoms with Crippen molar-refractivity contribution in [2.24, 2.45) is 23.0 Å². The fraction of sp³-hybridized carbons (Fsp3) is 0.786. The van der Waals surface area contributed by atoms with Crippen LogP contribution in [0.2, 0.25) is 0 Å². The summed E-state index contributed by atoms with van der Waals surface area (Å²) in [5, 5.41) is 9.33. The van der Waals surface area contributed by atoms with Crippen LogP contribution in [0.15, 0.2) is 0 Å². The molecule has 114 valence electrons. The number of amides is 2. The lowest BCUT2D eigenvalue weighted by molar-refractivity contribution is -0.158. The van der Waals surface area contributed by atoms with Gasteiger partial charge in [-0.3, -0.25) is 14.4 Å². The number of nitrogens with zero attached hydrogens (tertiary/aromatic N) is 1. The van der Waals surface area contributed by atoms with Crippen LogP contribution in [0, 0.1) is 17.3 Å². The van der Waals surface area contributed by atoms with Crippen LogP contribution in [-0.4, -0.2) is 40.4 Å². The van der Waals surface area contributed by atoms with Crippen LogP contribution in [0.25, 0.3) is 0 Å². The molecule has 6 nitrogen and oxygen atoms in total. The maximum atomic E-state index is 12.6. The fourth-order valence-corrected chi connectivity index (χ4v) is 2.66. The van der Waals surface area contributed by atoms with E-state index < -0.39 is 29.1 Å². The first-order valence-corrected chi connectivity index (χ1v) is 6.88. The summed E-state index contributed by atoms with van der Waals surface area (Å²) >= 11 is 0. The van der Waals surface area contributed by atoms with Crippen molar-refractivity contribution in [1.82, 2.24) is 4.90 Å². The largest absolute Gasteiger partial charge is 0.481 e. The molecule has 3 unspecified atom stereocenters. The minimum Gasteiger partial charge on any atom is -0.481 e. The molecule has 3 atom stereocenters. The van der Waals surface area contributed by atoms with Crippen molar-refractivity contribution in [3.63, 3.8) is 0 Å². The topological polar surface area (TPSA) is 101 Å². The van der Waals surface area contributed by atoms with Gasteiger partial charge in [0.1, 0.15) is 5.92 Å². The summed E-state index contributed by atoms with van der Waals surface area (Å²) in [4.78, 5) is 36.8. The Balaban J connectivity index is 2.98. The van der Waals surface area contributed by atoms with E-state index in [1.54, 1.807) is 20.8 Å². The average Bonchev–Trinajstić information content (AvgIpc) is 2.26. The summed E-state index contributed by atoms with van der Waals surface area (Å²) in [6.45, 7) is 7.27. The number of piperidine rings is 1. The molecule has 0 spiro atoms. The van der Waals surface area contributed by atoms with E-state index in [1.807, 2.05) is 6.92 Å². The molecule has 1 fully saturated rings. The van der Waals surface area contributed by atoms with E-state index in [2.05, 4.69) is 0 Å². The number of hydrogen-bond acceptors (Lipinski definition) is 3. The zero-order valence-electron chi connectivity index (χ0n) is 12.5. The van der Waals surface area contributed by atoms with Crippen molar-refractivity contribution < 1.29 is 19.5 Å². The zero-order chi connectivity index (χ0) is 15.7. The fourth-order valence-electron chi connectivity index (χ4n) is 2.66. The lowest BCUT2D eigenvalue weighted by atomic mass is 9.79. The van der Waals surface area contributed by atoms with Gasteiger partial charge in [0, 0.05) is 12.6 Å². The number of rotatable bonds is 3. The van der Waals surface area contributed by atoms with Gasteiger partial charge in [-0.05, 0) is 25.2 Å². The number of nitrogens with two attached hydrogens (primary N) is 1. The van der Waals surface area contributed by atoms with E-state index in [4.69, 9.17) is 5.73 Å². The zero-order valence-corrected chi connectivity index (χ0v) is 12.5. The highest BCUT2D eigenvalue weighted by Gasteiger charge is 2.43. The second-order valence-electron chi connectivity index (χ2n) is 6.65. The predicted molar refractivity (Wildman–Crippen MR) is 73.7 cm³/mol. The summed E-state index contributed by atoms with van der Waals surface area (Å²) < 4.78 is 0. The number of aliphatic carboxylic acids is 1. The van der Waals surface area contributed by atoms with Gasteiger partial charge >= 0.3 is 5.97 Å². The van der Waals surface area contributed by atoms with Gasteiger partial charge in [-0.2, -0.15) is 0 Å². The van der Waals surface area contributed by atoms with E-state index in [0.717, 1.165) is 0 Å². The molecule has 1 saturated heterocycles. The van der Waals surface area contributed by atoms with Gasteiger partial charge in [-0.25, -0.2) is 0 Å². The Morgan fingerprint density at radius 1 is 1.25 bits per heavy atom. The highest BCUT2D eigenvalue weighted by atomic mass is 16.4. The molecule has 0 aliphatic carbocycles. The minimum absolute atomic E-state index is 0.0673. The van der Waals surface area contributed by atoms with Gasteiger partial charge in [0.25, 0.3) is 0 Å². The molecule has 0 bridgehead atoms. The summed E-state index contributed by atoms with van der Waals surface area (Å²) in [6, 6.07) is -0.0673. The standard InChI is InChI=1S/C14H24N2O4/c1-8-5-6-9(11(15)17)7-16(8)12(18)10(13(19)20)14(2,3)4/h8-10H,5-7H2,1-4H3,(H2,15,17)(H,19,20).